The van der Waals surface area contributed by atoms with Crippen molar-refractivity contribution in [1.82, 2.24) is 4.90 Å². The first-order valence-corrected chi connectivity index (χ1v) is 12.0. The zero-order chi connectivity index (χ0) is 23.6. The number of carbonyl (C=O) groups excluding carboxylic acids is 2. The zero-order valence-electron chi connectivity index (χ0n) is 18.3. The van der Waals surface area contributed by atoms with Gasteiger partial charge in [-0.1, -0.05) is 18.2 Å². The van der Waals surface area contributed by atoms with E-state index in [-0.39, 0.29) is 35.8 Å². The highest BCUT2D eigenvalue weighted by Crippen LogP contribution is 2.33. The minimum atomic E-state index is -4.25. The molecule has 0 N–H and O–H groups in total. The van der Waals surface area contributed by atoms with Crippen molar-refractivity contribution in [2.24, 2.45) is 0 Å². The lowest BCUT2D eigenvalue weighted by molar-refractivity contribution is 0.0526. The van der Waals surface area contributed by atoms with Crippen LogP contribution in [-0.2, 0) is 19.5 Å². The molecule has 4 rings (SSSR count). The second kappa shape index (κ2) is 9.24. The van der Waals surface area contributed by atoms with Gasteiger partial charge in [-0.05, 0) is 44.2 Å². The summed E-state index contributed by atoms with van der Waals surface area (Å²) < 4.78 is 44.1. The number of sulfonamides is 1. The van der Waals surface area contributed by atoms with E-state index >= 15 is 0 Å². The number of furan rings is 1. The molecule has 10 heteroatoms. The van der Waals surface area contributed by atoms with Gasteiger partial charge in [-0.2, -0.15) is 4.31 Å². The number of fused-ring (bicyclic) bond motifs is 1. The number of morpholine rings is 1. The van der Waals surface area contributed by atoms with Crippen LogP contribution in [0.4, 0.5) is 10.5 Å². The molecule has 1 fully saturated rings. The molecule has 3 aromatic rings. The molecule has 0 atom stereocenters. The summed E-state index contributed by atoms with van der Waals surface area (Å²) >= 11 is 0. The lowest BCUT2D eigenvalue weighted by Crippen LogP contribution is -2.50. The van der Waals surface area contributed by atoms with E-state index in [9.17, 15) is 18.0 Å². The molecule has 0 unspecified atom stereocenters. The second-order valence-corrected chi connectivity index (χ2v) is 9.19. The topological polar surface area (TPSA) is 106 Å². The molecule has 0 radical (unpaired) electrons. The molecule has 174 valence electrons. The summed E-state index contributed by atoms with van der Waals surface area (Å²) in [6, 6.07) is 11.5. The van der Waals surface area contributed by atoms with Gasteiger partial charge in [0.05, 0.1) is 30.4 Å². The molecular formula is C23H24N2O7S. The van der Waals surface area contributed by atoms with Crippen LogP contribution in [0.15, 0.2) is 57.8 Å². The normalized spacial score (nSPS) is 14.3. The average Bonchev–Trinajstić information content (AvgIpc) is 3.15. The number of aryl methyl sites for hydroxylation is 1. The van der Waals surface area contributed by atoms with Gasteiger partial charge in [-0.3, -0.25) is 0 Å². The van der Waals surface area contributed by atoms with Crippen LogP contribution in [0.5, 0.6) is 0 Å². The molecular weight excluding hydrogens is 448 g/mol. The Morgan fingerprint density at radius 3 is 2.45 bits per heavy atom. The lowest BCUT2D eigenvalue weighted by atomic mass is 10.1. The molecule has 9 nitrogen and oxygen atoms in total. The Balaban J connectivity index is 1.87. The van der Waals surface area contributed by atoms with Crippen molar-refractivity contribution in [2.45, 2.75) is 18.7 Å². The molecule has 2 aromatic carbocycles. The smallest absolute Gasteiger partial charge is 0.342 e. The van der Waals surface area contributed by atoms with Crippen molar-refractivity contribution in [3.05, 3.63) is 59.9 Å². The fourth-order valence-corrected chi connectivity index (χ4v) is 5.15. The Bertz CT molecular complexity index is 1280. The van der Waals surface area contributed by atoms with E-state index in [0.29, 0.717) is 29.9 Å². The standard InChI is InChI=1S/C23H24N2O7S/c1-3-31-22(26)21-16(2)32-20-10-9-17(15-19(20)21)25(23(27)24-11-13-30-14-12-24)33(28,29)18-7-5-4-6-8-18/h4-10,15H,3,11-14H2,1-2H3. The van der Waals surface area contributed by atoms with E-state index in [1.54, 1.807) is 38.1 Å². The number of hydrogen-bond donors (Lipinski definition) is 0. The third-order valence-electron chi connectivity index (χ3n) is 5.30. The number of amides is 2. The summed E-state index contributed by atoms with van der Waals surface area (Å²) in [5.41, 5.74) is 0.675. The molecule has 1 aliphatic heterocycles. The number of nitrogens with zero attached hydrogens (tertiary/aromatic N) is 2. The maximum atomic E-state index is 13.6. The summed E-state index contributed by atoms with van der Waals surface area (Å²) in [5, 5.41) is 0.367. The van der Waals surface area contributed by atoms with Gasteiger partial charge in [0.1, 0.15) is 16.9 Å². The van der Waals surface area contributed by atoms with Crippen molar-refractivity contribution in [1.29, 1.82) is 0 Å². The summed E-state index contributed by atoms with van der Waals surface area (Å²) in [4.78, 5) is 27.4. The summed E-state index contributed by atoms with van der Waals surface area (Å²) in [5.74, 6) is -0.236. The minimum absolute atomic E-state index is 0.0271. The van der Waals surface area contributed by atoms with Gasteiger partial charge < -0.3 is 18.8 Å². The van der Waals surface area contributed by atoms with Gasteiger partial charge in [0.2, 0.25) is 0 Å². The van der Waals surface area contributed by atoms with Crippen molar-refractivity contribution in [2.75, 3.05) is 37.2 Å². The van der Waals surface area contributed by atoms with Crippen LogP contribution in [0.1, 0.15) is 23.0 Å². The van der Waals surface area contributed by atoms with Crippen LogP contribution in [0.25, 0.3) is 11.0 Å². The molecule has 1 aromatic heterocycles. The summed E-state index contributed by atoms with van der Waals surface area (Å²) in [6.07, 6.45) is 0. The highest BCUT2D eigenvalue weighted by atomic mass is 32.2. The third kappa shape index (κ3) is 4.31. The predicted octanol–water partition coefficient (Wildman–Crippen LogP) is 3.57. The maximum absolute atomic E-state index is 13.6. The molecule has 2 amide bonds. The molecule has 1 saturated heterocycles. The Morgan fingerprint density at radius 2 is 1.79 bits per heavy atom. The van der Waals surface area contributed by atoms with Crippen LogP contribution < -0.4 is 4.31 Å². The first-order chi connectivity index (χ1) is 15.8. The number of hydrogen-bond acceptors (Lipinski definition) is 7. The molecule has 2 heterocycles. The van der Waals surface area contributed by atoms with Gasteiger partial charge in [0, 0.05) is 18.5 Å². The number of esters is 1. The molecule has 0 aliphatic carbocycles. The number of ether oxygens (including phenoxy) is 2. The Hall–Kier alpha value is -3.37. The molecule has 33 heavy (non-hydrogen) atoms. The highest BCUT2D eigenvalue weighted by Gasteiger charge is 2.35. The maximum Gasteiger partial charge on any atom is 0.342 e. The molecule has 0 saturated carbocycles. The van der Waals surface area contributed by atoms with Gasteiger partial charge >= 0.3 is 12.0 Å². The van der Waals surface area contributed by atoms with Gasteiger partial charge in [0.25, 0.3) is 10.0 Å². The molecule has 0 spiro atoms. The summed E-state index contributed by atoms with van der Waals surface area (Å²) in [6.45, 7) is 4.66. The van der Waals surface area contributed by atoms with E-state index in [4.69, 9.17) is 13.9 Å². The zero-order valence-corrected chi connectivity index (χ0v) is 19.1. The first kappa shape index (κ1) is 22.8. The van der Waals surface area contributed by atoms with Gasteiger partial charge in [-0.25, -0.2) is 18.0 Å². The monoisotopic (exact) mass is 472 g/mol. The van der Waals surface area contributed by atoms with Crippen LogP contribution in [0.3, 0.4) is 0 Å². The van der Waals surface area contributed by atoms with Crippen molar-refractivity contribution in [3.8, 4) is 0 Å². The van der Waals surface area contributed by atoms with Gasteiger partial charge in [0.15, 0.2) is 0 Å². The number of urea groups is 1. The Labute approximate surface area is 191 Å². The highest BCUT2D eigenvalue weighted by molar-refractivity contribution is 7.93. The first-order valence-electron chi connectivity index (χ1n) is 10.5. The lowest BCUT2D eigenvalue weighted by Gasteiger charge is -2.32. The van der Waals surface area contributed by atoms with Gasteiger partial charge in [-0.15, -0.1) is 0 Å². The Morgan fingerprint density at radius 1 is 1.09 bits per heavy atom. The number of anilines is 1. The molecule has 1 aliphatic rings. The summed E-state index contributed by atoms with van der Waals surface area (Å²) in [7, 11) is -4.25. The van der Waals surface area contributed by atoms with E-state index < -0.39 is 22.0 Å². The van der Waals surface area contributed by atoms with Crippen LogP contribution >= 0.6 is 0 Å². The molecule has 0 bridgehead atoms. The third-order valence-corrected chi connectivity index (χ3v) is 7.01. The fraction of sp³-hybridized carbons (Fsp3) is 0.304. The van der Waals surface area contributed by atoms with Crippen LogP contribution in [-0.4, -0.2) is 58.2 Å². The second-order valence-electron chi connectivity index (χ2n) is 7.40. The quantitative estimate of drug-likeness (QED) is 0.523. The number of carbonyl (C=O) groups is 2. The predicted molar refractivity (Wildman–Crippen MR) is 121 cm³/mol. The van der Waals surface area contributed by atoms with E-state index in [1.165, 1.54) is 29.2 Å². The van der Waals surface area contributed by atoms with Crippen LogP contribution in [0.2, 0.25) is 0 Å². The van der Waals surface area contributed by atoms with Crippen molar-refractivity contribution in [3.63, 3.8) is 0 Å². The minimum Gasteiger partial charge on any atom is -0.462 e. The number of rotatable bonds is 5. The SMILES string of the molecule is CCOC(=O)c1c(C)oc2ccc(N(C(=O)N3CCOCC3)S(=O)(=O)c3ccccc3)cc12. The number of benzene rings is 2. The van der Waals surface area contributed by atoms with Crippen molar-refractivity contribution >= 4 is 38.7 Å². The van der Waals surface area contributed by atoms with Crippen LogP contribution in [0, 0.1) is 6.92 Å². The fourth-order valence-electron chi connectivity index (χ4n) is 3.72. The van der Waals surface area contributed by atoms with E-state index in [0.717, 1.165) is 4.31 Å². The van der Waals surface area contributed by atoms with Crippen molar-refractivity contribution < 1.29 is 31.9 Å². The van der Waals surface area contributed by atoms with E-state index in [1.807, 2.05) is 0 Å². The average molecular weight is 473 g/mol. The largest absolute Gasteiger partial charge is 0.462 e. The Kier molecular flexibility index (Phi) is 6.39. The van der Waals surface area contributed by atoms with E-state index in [2.05, 4.69) is 0 Å².